The quantitative estimate of drug-likeness (QED) is 0.780. The van der Waals surface area contributed by atoms with Crippen molar-refractivity contribution >= 4 is 23.2 Å². The maximum Gasteiger partial charge on any atom is 0.254 e. The summed E-state index contributed by atoms with van der Waals surface area (Å²) in [6, 6.07) is 17.2. The molecule has 1 saturated heterocycles. The number of imide groups is 1. The van der Waals surface area contributed by atoms with E-state index in [1.54, 1.807) is 12.1 Å². The molecule has 0 saturated carbocycles. The molecule has 2 amide bonds. The number of amides is 2. The highest BCUT2D eigenvalue weighted by molar-refractivity contribution is 6.23. The first-order valence-corrected chi connectivity index (χ1v) is 8.95. The summed E-state index contributed by atoms with van der Waals surface area (Å²) >= 11 is 0. The van der Waals surface area contributed by atoms with Crippen molar-refractivity contribution in [2.75, 3.05) is 26.0 Å². The van der Waals surface area contributed by atoms with E-state index in [4.69, 9.17) is 5.10 Å². The fourth-order valence-corrected chi connectivity index (χ4v) is 3.69. The van der Waals surface area contributed by atoms with E-state index < -0.39 is 12.0 Å². The van der Waals surface area contributed by atoms with Crippen molar-refractivity contribution in [1.29, 1.82) is 0 Å². The molecule has 2 atom stereocenters. The molecule has 0 radical (unpaired) electrons. The van der Waals surface area contributed by atoms with Gasteiger partial charge in [0.15, 0.2) is 0 Å². The Bertz CT molecular complexity index is 906. The van der Waals surface area contributed by atoms with Gasteiger partial charge in [0.1, 0.15) is 12.0 Å². The van der Waals surface area contributed by atoms with Gasteiger partial charge in [-0.2, -0.15) is 5.10 Å². The number of carbonyl (C=O) groups is 2. The van der Waals surface area contributed by atoms with Crippen LogP contribution < -0.4 is 4.90 Å². The van der Waals surface area contributed by atoms with Crippen LogP contribution in [0.3, 0.4) is 0 Å². The summed E-state index contributed by atoms with van der Waals surface area (Å²) < 4.78 is 0. The van der Waals surface area contributed by atoms with Gasteiger partial charge in [0.25, 0.3) is 5.91 Å². The number of carbonyl (C=O) groups excluding carboxylic acids is 2. The zero-order chi connectivity index (χ0) is 19.1. The van der Waals surface area contributed by atoms with Crippen LogP contribution in [0.2, 0.25) is 0 Å². The van der Waals surface area contributed by atoms with E-state index in [0.29, 0.717) is 12.3 Å². The highest BCUT2D eigenvalue weighted by Crippen LogP contribution is 2.35. The van der Waals surface area contributed by atoms with Gasteiger partial charge in [0, 0.05) is 26.8 Å². The number of benzene rings is 2. The number of hydrogen-bond donors (Lipinski definition) is 0. The molecule has 2 aliphatic rings. The molecule has 1 fully saturated rings. The van der Waals surface area contributed by atoms with Crippen molar-refractivity contribution in [2.45, 2.75) is 12.6 Å². The smallest absolute Gasteiger partial charge is 0.254 e. The number of hydrazone groups is 1. The average Bonchev–Trinajstić information content (AvgIpc) is 3.15. The molecular formula is C21H22N4O2. The molecule has 0 aliphatic carbocycles. The first kappa shape index (κ1) is 17.3. The van der Waals surface area contributed by atoms with Crippen molar-refractivity contribution in [1.82, 2.24) is 9.91 Å². The number of rotatable bonds is 4. The van der Waals surface area contributed by atoms with Crippen LogP contribution in [-0.2, 0) is 16.1 Å². The molecule has 0 bridgehead atoms. The predicted octanol–water partition coefficient (Wildman–Crippen LogP) is 1.96. The predicted molar refractivity (Wildman–Crippen MR) is 104 cm³/mol. The van der Waals surface area contributed by atoms with E-state index in [2.05, 4.69) is 0 Å². The molecule has 2 aliphatic heterocycles. The Kier molecular flexibility index (Phi) is 4.18. The second-order valence-electron chi connectivity index (χ2n) is 7.17. The number of anilines is 1. The maximum absolute atomic E-state index is 12.7. The van der Waals surface area contributed by atoms with Crippen LogP contribution in [0.25, 0.3) is 0 Å². The summed E-state index contributed by atoms with van der Waals surface area (Å²) in [6.07, 6.45) is 0. The van der Waals surface area contributed by atoms with Crippen molar-refractivity contribution in [2.24, 2.45) is 11.0 Å². The van der Waals surface area contributed by atoms with Crippen molar-refractivity contribution in [3.05, 3.63) is 65.7 Å². The van der Waals surface area contributed by atoms with Crippen LogP contribution in [-0.4, -0.2) is 54.6 Å². The van der Waals surface area contributed by atoms with Crippen molar-refractivity contribution < 1.29 is 9.59 Å². The SMILES string of the molecule is CN1C(=O)[C@@H]2C(c3ccc(N(C)C)cc3)=NN(Cc3ccccc3)[C@H]2C1=O. The highest BCUT2D eigenvalue weighted by Gasteiger charge is 2.55. The molecular weight excluding hydrogens is 340 g/mol. The van der Waals surface area contributed by atoms with Gasteiger partial charge in [-0.15, -0.1) is 0 Å². The second kappa shape index (κ2) is 6.54. The number of nitrogens with zero attached hydrogens (tertiary/aromatic N) is 4. The zero-order valence-corrected chi connectivity index (χ0v) is 15.7. The lowest BCUT2D eigenvalue weighted by molar-refractivity contribution is -0.138. The van der Waals surface area contributed by atoms with E-state index in [-0.39, 0.29) is 11.8 Å². The molecule has 6 nitrogen and oxygen atoms in total. The fraction of sp³-hybridized carbons (Fsp3) is 0.286. The Hall–Kier alpha value is -3.15. The first-order valence-electron chi connectivity index (χ1n) is 8.95. The van der Waals surface area contributed by atoms with Gasteiger partial charge in [-0.1, -0.05) is 42.5 Å². The van der Waals surface area contributed by atoms with Gasteiger partial charge >= 0.3 is 0 Å². The topological polar surface area (TPSA) is 56.2 Å². The Morgan fingerprint density at radius 1 is 0.963 bits per heavy atom. The average molecular weight is 362 g/mol. The number of likely N-dealkylation sites (tertiary alicyclic amines) is 1. The Labute approximate surface area is 158 Å². The van der Waals surface area contributed by atoms with Crippen molar-refractivity contribution in [3.63, 3.8) is 0 Å². The summed E-state index contributed by atoms with van der Waals surface area (Å²) in [7, 11) is 5.51. The monoisotopic (exact) mass is 362 g/mol. The Morgan fingerprint density at radius 2 is 1.63 bits per heavy atom. The minimum absolute atomic E-state index is 0.184. The van der Waals surface area contributed by atoms with E-state index in [9.17, 15) is 9.59 Å². The molecule has 2 aromatic rings. The molecule has 2 heterocycles. The van der Waals surface area contributed by atoms with Gasteiger partial charge in [0.05, 0.1) is 12.3 Å². The minimum atomic E-state index is -0.564. The summed E-state index contributed by atoms with van der Waals surface area (Å²) in [4.78, 5) is 28.7. The third-order valence-corrected chi connectivity index (χ3v) is 5.21. The van der Waals surface area contributed by atoms with Gasteiger partial charge in [-0.3, -0.25) is 19.5 Å². The largest absolute Gasteiger partial charge is 0.378 e. The van der Waals surface area contributed by atoms with Gasteiger partial charge in [0.2, 0.25) is 5.91 Å². The van der Waals surface area contributed by atoms with Crippen molar-refractivity contribution in [3.8, 4) is 0 Å². The van der Waals surface area contributed by atoms with Crippen LogP contribution in [0, 0.1) is 5.92 Å². The lowest BCUT2D eigenvalue weighted by atomic mass is 9.92. The molecule has 0 aromatic heterocycles. The van der Waals surface area contributed by atoms with Crippen LogP contribution in [0.1, 0.15) is 11.1 Å². The van der Waals surface area contributed by atoms with E-state index in [1.807, 2.05) is 73.6 Å². The summed E-state index contributed by atoms with van der Waals surface area (Å²) in [5.41, 5.74) is 3.67. The number of hydrogen-bond acceptors (Lipinski definition) is 5. The normalized spacial score (nSPS) is 21.5. The third-order valence-electron chi connectivity index (χ3n) is 5.21. The highest BCUT2D eigenvalue weighted by atomic mass is 16.2. The van der Waals surface area contributed by atoms with Crippen LogP contribution in [0.15, 0.2) is 59.7 Å². The molecule has 138 valence electrons. The van der Waals surface area contributed by atoms with Gasteiger partial charge in [-0.25, -0.2) is 0 Å². The lowest BCUT2D eigenvalue weighted by Gasteiger charge is -2.21. The molecule has 0 unspecified atom stereocenters. The lowest BCUT2D eigenvalue weighted by Crippen LogP contribution is -2.37. The molecule has 0 spiro atoms. The number of fused-ring (bicyclic) bond motifs is 1. The Morgan fingerprint density at radius 3 is 2.26 bits per heavy atom. The number of likely N-dealkylation sites (N-methyl/N-ethyl adjacent to an activating group) is 1. The standard InChI is InChI=1S/C21H22N4O2/c1-23(2)16-11-9-15(10-12-16)18-17-19(21(27)24(3)20(17)26)25(22-18)13-14-7-5-4-6-8-14/h4-12,17,19H,13H2,1-3H3/t17-,19-/m1/s1. The van der Waals surface area contributed by atoms with E-state index in [1.165, 1.54) is 4.90 Å². The van der Waals surface area contributed by atoms with Crippen LogP contribution in [0.5, 0.6) is 0 Å². The summed E-state index contributed by atoms with van der Waals surface area (Å²) in [5, 5.41) is 6.48. The Balaban J connectivity index is 1.71. The third kappa shape index (κ3) is 2.87. The van der Waals surface area contributed by atoms with E-state index in [0.717, 1.165) is 16.8 Å². The zero-order valence-electron chi connectivity index (χ0n) is 15.7. The minimum Gasteiger partial charge on any atom is -0.378 e. The summed E-state index contributed by atoms with van der Waals surface area (Å²) in [5.74, 6) is -0.919. The van der Waals surface area contributed by atoms with E-state index >= 15 is 0 Å². The molecule has 27 heavy (non-hydrogen) atoms. The van der Waals surface area contributed by atoms with Crippen LogP contribution >= 0.6 is 0 Å². The molecule has 6 heteroatoms. The molecule has 0 N–H and O–H groups in total. The second-order valence-corrected chi connectivity index (χ2v) is 7.17. The van der Waals surface area contributed by atoms with Crippen LogP contribution in [0.4, 0.5) is 5.69 Å². The van der Waals surface area contributed by atoms with Gasteiger partial charge < -0.3 is 4.90 Å². The molecule has 2 aromatic carbocycles. The maximum atomic E-state index is 12.7. The summed E-state index contributed by atoms with van der Waals surface area (Å²) in [6.45, 7) is 0.494. The molecule has 4 rings (SSSR count). The van der Waals surface area contributed by atoms with Gasteiger partial charge in [-0.05, 0) is 23.3 Å². The fourth-order valence-electron chi connectivity index (χ4n) is 3.69. The first-order chi connectivity index (χ1) is 13.0.